The lowest BCUT2D eigenvalue weighted by Gasteiger charge is -2.37. The van der Waals surface area contributed by atoms with Gasteiger partial charge in [0.1, 0.15) is 0 Å². The van der Waals surface area contributed by atoms with Crippen molar-refractivity contribution in [2.75, 3.05) is 26.8 Å². The Morgan fingerprint density at radius 2 is 1.80 bits per heavy atom. The second kappa shape index (κ2) is 5.28. The summed E-state index contributed by atoms with van der Waals surface area (Å²) in [7, 11) is 2.21. The van der Waals surface area contributed by atoms with E-state index in [9.17, 15) is 0 Å². The van der Waals surface area contributed by atoms with Gasteiger partial charge in [-0.15, -0.1) is 0 Å². The summed E-state index contributed by atoms with van der Waals surface area (Å²) >= 11 is 0. The molecule has 1 aliphatic heterocycles. The second-order valence-corrected chi connectivity index (χ2v) is 4.94. The Morgan fingerprint density at radius 3 is 2.47 bits per heavy atom. The lowest BCUT2D eigenvalue weighted by molar-refractivity contribution is -0.0692. The highest BCUT2D eigenvalue weighted by Crippen LogP contribution is 2.27. The monoisotopic (exact) mass is 213 g/mol. The van der Waals surface area contributed by atoms with Crippen molar-refractivity contribution < 1.29 is 9.47 Å². The molecule has 1 saturated heterocycles. The van der Waals surface area contributed by atoms with E-state index in [-0.39, 0.29) is 6.29 Å². The molecule has 1 aliphatic carbocycles. The minimum atomic E-state index is 0.0177. The summed E-state index contributed by atoms with van der Waals surface area (Å²) in [5.74, 6) is 0.824. The lowest BCUT2D eigenvalue weighted by Crippen LogP contribution is -2.42. The average molecular weight is 213 g/mol. The summed E-state index contributed by atoms with van der Waals surface area (Å²) in [6.45, 7) is 4.82. The van der Waals surface area contributed by atoms with Crippen LogP contribution in [0.25, 0.3) is 0 Å². The van der Waals surface area contributed by atoms with Crippen LogP contribution in [0.2, 0.25) is 0 Å². The van der Waals surface area contributed by atoms with Crippen LogP contribution in [-0.4, -0.2) is 44.0 Å². The predicted octanol–water partition coefficient (Wildman–Crippen LogP) is 1.87. The molecule has 0 aromatic rings. The van der Waals surface area contributed by atoms with Gasteiger partial charge in [-0.1, -0.05) is 19.8 Å². The normalized spacial score (nSPS) is 33.8. The predicted molar refractivity (Wildman–Crippen MR) is 59.7 cm³/mol. The maximum absolute atomic E-state index is 5.49. The molecule has 88 valence electrons. The highest BCUT2D eigenvalue weighted by Gasteiger charge is 2.27. The van der Waals surface area contributed by atoms with Gasteiger partial charge >= 0.3 is 0 Å². The highest BCUT2D eigenvalue weighted by atomic mass is 16.7. The third-order valence-electron chi connectivity index (χ3n) is 3.76. The first-order chi connectivity index (χ1) is 7.27. The van der Waals surface area contributed by atoms with Crippen molar-refractivity contribution in [1.82, 2.24) is 4.90 Å². The van der Waals surface area contributed by atoms with Crippen LogP contribution in [0.3, 0.4) is 0 Å². The quantitative estimate of drug-likeness (QED) is 0.714. The Balaban J connectivity index is 1.80. The number of rotatable bonds is 3. The molecule has 2 atom stereocenters. The van der Waals surface area contributed by atoms with Crippen molar-refractivity contribution in [3.05, 3.63) is 0 Å². The van der Waals surface area contributed by atoms with Crippen LogP contribution in [0, 0.1) is 5.92 Å². The van der Waals surface area contributed by atoms with Gasteiger partial charge in [0.2, 0.25) is 0 Å². The van der Waals surface area contributed by atoms with Crippen molar-refractivity contribution in [3.63, 3.8) is 0 Å². The average Bonchev–Trinajstić information content (AvgIpc) is 2.71. The first-order valence-corrected chi connectivity index (χ1v) is 6.21. The van der Waals surface area contributed by atoms with Crippen LogP contribution in [0.5, 0.6) is 0 Å². The van der Waals surface area contributed by atoms with Crippen LogP contribution in [-0.2, 0) is 9.47 Å². The summed E-state index contributed by atoms with van der Waals surface area (Å²) in [4.78, 5) is 2.43. The van der Waals surface area contributed by atoms with Gasteiger partial charge in [-0.3, -0.25) is 4.90 Å². The molecular weight excluding hydrogens is 190 g/mol. The van der Waals surface area contributed by atoms with Crippen molar-refractivity contribution >= 4 is 0 Å². The number of likely N-dealkylation sites (N-methyl/N-ethyl adjacent to an activating group) is 1. The Labute approximate surface area is 92.7 Å². The van der Waals surface area contributed by atoms with Crippen molar-refractivity contribution in [2.24, 2.45) is 5.92 Å². The molecule has 15 heavy (non-hydrogen) atoms. The summed E-state index contributed by atoms with van der Waals surface area (Å²) in [6.07, 6.45) is 5.52. The Bertz CT molecular complexity index is 192. The van der Waals surface area contributed by atoms with Crippen LogP contribution in [0.15, 0.2) is 0 Å². The van der Waals surface area contributed by atoms with Gasteiger partial charge in [0.05, 0.1) is 13.2 Å². The van der Waals surface area contributed by atoms with E-state index in [0.717, 1.165) is 31.7 Å². The molecule has 3 heteroatoms. The van der Waals surface area contributed by atoms with E-state index in [1.807, 2.05) is 0 Å². The smallest absolute Gasteiger partial charge is 0.170 e. The molecule has 2 rings (SSSR count). The molecule has 1 heterocycles. The molecule has 2 aliphatic rings. The number of hydrogen-bond acceptors (Lipinski definition) is 3. The van der Waals surface area contributed by atoms with E-state index >= 15 is 0 Å². The van der Waals surface area contributed by atoms with E-state index in [2.05, 4.69) is 18.9 Å². The largest absolute Gasteiger partial charge is 0.349 e. The number of nitrogens with zero attached hydrogens (tertiary/aromatic N) is 1. The minimum absolute atomic E-state index is 0.0177. The molecule has 1 saturated carbocycles. The summed E-state index contributed by atoms with van der Waals surface area (Å²) < 4.78 is 11.0. The van der Waals surface area contributed by atoms with Crippen LogP contribution < -0.4 is 0 Å². The molecule has 3 nitrogen and oxygen atoms in total. The van der Waals surface area contributed by atoms with Gasteiger partial charge in [-0.05, 0) is 25.8 Å². The minimum Gasteiger partial charge on any atom is -0.349 e. The molecule has 2 unspecified atom stereocenters. The van der Waals surface area contributed by atoms with Gasteiger partial charge in [0.15, 0.2) is 6.29 Å². The molecular formula is C12H23NO2. The zero-order valence-electron chi connectivity index (χ0n) is 9.95. The van der Waals surface area contributed by atoms with E-state index in [4.69, 9.17) is 9.47 Å². The third-order valence-corrected chi connectivity index (χ3v) is 3.76. The molecule has 0 N–H and O–H groups in total. The van der Waals surface area contributed by atoms with Crippen LogP contribution in [0.1, 0.15) is 32.6 Å². The van der Waals surface area contributed by atoms with Gasteiger partial charge < -0.3 is 9.47 Å². The highest BCUT2D eigenvalue weighted by molar-refractivity contribution is 4.80. The zero-order valence-corrected chi connectivity index (χ0v) is 9.95. The summed E-state index contributed by atoms with van der Waals surface area (Å²) in [5.41, 5.74) is 0. The summed E-state index contributed by atoms with van der Waals surface area (Å²) in [6, 6.07) is 0.728. The first kappa shape index (κ1) is 11.4. The molecule has 0 amide bonds. The Kier molecular flexibility index (Phi) is 4.00. The maximum Gasteiger partial charge on any atom is 0.170 e. The maximum atomic E-state index is 5.49. The van der Waals surface area contributed by atoms with Gasteiger partial charge in [0.25, 0.3) is 0 Å². The van der Waals surface area contributed by atoms with E-state index < -0.39 is 0 Å². The molecule has 0 radical (unpaired) electrons. The number of hydrogen-bond donors (Lipinski definition) is 0. The second-order valence-electron chi connectivity index (χ2n) is 4.94. The molecule has 0 aromatic heterocycles. The van der Waals surface area contributed by atoms with Gasteiger partial charge in [-0.2, -0.15) is 0 Å². The fourth-order valence-electron chi connectivity index (χ4n) is 2.83. The van der Waals surface area contributed by atoms with E-state index in [1.165, 1.54) is 25.7 Å². The molecule has 0 spiro atoms. The van der Waals surface area contributed by atoms with E-state index in [0.29, 0.717) is 0 Å². The standard InChI is InChI=1S/C12H23NO2/c1-10-5-3-4-6-11(10)13(2)9-12-14-7-8-15-12/h10-12H,3-9H2,1-2H3. The van der Waals surface area contributed by atoms with Gasteiger partial charge in [-0.25, -0.2) is 0 Å². The third kappa shape index (κ3) is 2.92. The fraction of sp³-hybridized carbons (Fsp3) is 1.00. The zero-order chi connectivity index (χ0) is 10.7. The van der Waals surface area contributed by atoms with Gasteiger partial charge in [0, 0.05) is 12.6 Å². The van der Waals surface area contributed by atoms with Crippen molar-refractivity contribution in [3.8, 4) is 0 Å². The Hall–Kier alpha value is -0.120. The van der Waals surface area contributed by atoms with Crippen LogP contribution >= 0.6 is 0 Å². The topological polar surface area (TPSA) is 21.7 Å². The summed E-state index contributed by atoms with van der Waals surface area (Å²) in [5, 5.41) is 0. The number of ether oxygens (including phenoxy) is 2. The van der Waals surface area contributed by atoms with Crippen molar-refractivity contribution in [2.45, 2.75) is 44.9 Å². The fourth-order valence-corrected chi connectivity index (χ4v) is 2.83. The molecule has 0 aromatic carbocycles. The Morgan fingerprint density at radius 1 is 1.13 bits per heavy atom. The van der Waals surface area contributed by atoms with Crippen molar-refractivity contribution in [1.29, 1.82) is 0 Å². The molecule has 2 fully saturated rings. The molecule has 0 bridgehead atoms. The first-order valence-electron chi connectivity index (χ1n) is 6.21. The SMILES string of the molecule is CC1CCCCC1N(C)CC1OCCO1. The van der Waals surface area contributed by atoms with E-state index in [1.54, 1.807) is 0 Å². The lowest BCUT2D eigenvalue weighted by atomic mass is 9.85. The van der Waals surface area contributed by atoms with Crippen LogP contribution in [0.4, 0.5) is 0 Å².